The van der Waals surface area contributed by atoms with E-state index in [0.29, 0.717) is 0 Å². The monoisotopic (exact) mass is 308 g/mol. The number of hydrogen-bond acceptors (Lipinski definition) is 2. The quantitative estimate of drug-likeness (QED) is 0.734. The van der Waals surface area contributed by atoms with E-state index in [2.05, 4.69) is 21.0 Å². The van der Waals surface area contributed by atoms with Crippen molar-refractivity contribution in [3.63, 3.8) is 0 Å². The van der Waals surface area contributed by atoms with Crippen molar-refractivity contribution in [1.29, 1.82) is 0 Å². The van der Waals surface area contributed by atoms with Crippen LogP contribution in [-0.4, -0.2) is 27.0 Å². The fourth-order valence-electron chi connectivity index (χ4n) is 1.96. The maximum atomic E-state index is 12.2. The summed E-state index contributed by atoms with van der Waals surface area (Å²) in [7, 11) is 0. The standard InChI is InChI=1S/C14H17BrN2O/c1-9-7-5-6-8-10(9)12-11(15)13(18)17(16-12)14(2,3)4/h5-8,11H,1-4H3. The van der Waals surface area contributed by atoms with E-state index < -0.39 is 0 Å². The van der Waals surface area contributed by atoms with E-state index >= 15 is 0 Å². The number of rotatable bonds is 1. The Morgan fingerprint density at radius 3 is 2.39 bits per heavy atom. The number of aryl methyl sites for hydroxylation is 1. The Balaban J connectivity index is 2.46. The Labute approximate surface area is 116 Å². The lowest BCUT2D eigenvalue weighted by atomic mass is 10.0. The third kappa shape index (κ3) is 2.21. The van der Waals surface area contributed by atoms with Gasteiger partial charge in [0.1, 0.15) is 4.83 Å². The van der Waals surface area contributed by atoms with Crippen LogP contribution in [0.25, 0.3) is 0 Å². The second-order valence-electron chi connectivity index (χ2n) is 5.48. The molecule has 0 aliphatic carbocycles. The van der Waals surface area contributed by atoms with Crippen molar-refractivity contribution in [2.45, 2.75) is 38.1 Å². The van der Waals surface area contributed by atoms with Gasteiger partial charge in [0.25, 0.3) is 5.91 Å². The minimum Gasteiger partial charge on any atom is -0.271 e. The van der Waals surface area contributed by atoms with Crippen molar-refractivity contribution >= 4 is 27.5 Å². The lowest BCUT2D eigenvalue weighted by Gasteiger charge is -2.27. The molecular weight excluding hydrogens is 292 g/mol. The molecule has 0 fully saturated rings. The molecule has 2 rings (SSSR count). The highest BCUT2D eigenvalue weighted by atomic mass is 79.9. The molecule has 1 heterocycles. The number of alkyl halides is 1. The number of benzene rings is 1. The van der Waals surface area contributed by atoms with Gasteiger partial charge in [0, 0.05) is 5.56 Å². The second-order valence-corrected chi connectivity index (χ2v) is 6.40. The molecule has 4 heteroatoms. The summed E-state index contributed by atoms with van der Waals surface area (Å²) < 4.78 is 0. The van der Waals surface area contributed by atoms with Crippen LogP contribution < -0.4 is 0 Å². The predicted molar refractivity (Wildman–Crippen MR) is 77.0 cm³/mol. The first-order chi connectivity index (χ1) is 8.32. The number of carbonyl (C=O) groups excluding carboxylic acids is 1. The first-order valence-electron chi connectivity index (χ1n) is 5.95. The largest absolute Gasteiger partial charge is 0.271 e. The van der Waals surface area contributed by atoms with Crippen molar-refractivity contribution in [2.24, 2.45) is 5.10 Å². The number of halogens is 1. The molecule has 0 saturated carbocycles. The van der Waals surface area contributed by atoms with Crippen molar-refractivity contribution in [3.05, 3.63) is 35.4 Å². The molecule has 0 bridgehead atoms. The molecule has 0 spiro atoms. The highest BCUT2D eigenvalue weighted by molar-refractivity contribution is 9.10. The van der Waals surface area contributed by atoms with Crippen LogP contribution in [-0.2, 0) is 4.79 Å². The Bertz CT molecular complexity index is 517. The van der Waals surface area contributed by atoms with Gasteiger partial charge in [-0.2, -0.15) is 5.10 Å². The molecule has 3 nitrogen and oxygen atoms in total. The zero-order valence-electron chi connectivity index (χ0n) is 11.1. The molecule has 1 aliphatic heterocycles. The van der Waals surface area contributed by atoms with Crippen molar-refractivity contribution < 1.29 is 4.79 Å². The van der Waals surface area contributed by atoms with Gasteiger partial charge in [-0.1, -0.05) is 40.2 Å². The molecule has 0 saturated heterocycles. The van der Waals surface area contributed by atoms with E-state index in [-0.39, 0.29) is 16.3 Å². The maximum Gasteiger partial charge on any atom is 0.263 e. The third-order valence-electron chi connectivity index (χ3n) is 2.93. The summed E-state index contributed by atoms with van der Waals surface area (Å²) in [6.07, 6.45) is 0. The molecular formula is C14H17BrN2O. The van der Waals surface area contributed by atoms with Crippen LogP contribution in [0.3, 0.4) is 0 Å². The normalized spacial score (nSPS) is 20.3. The van der Waals surface area contributed by atoms with Crippen LogP contribution >= 0.6 is 15.9 Å². The Hall–Kier alpha value is -1.16. The third-order valence-corrected chi connectivity index (χ3v) is 3.76. The summed E-state index contributed by atoms with van der Waals surface area (Å²) in [5, 5.41) is 6.07. The smallest absolute Gasteiger partial charge is 0.263 e. The van der Waals surface area contributed by atoms with E-state index in [9.17, 15) is 4.79 Å². The minimum atomic E-state index is -0.349. The summed E-state index contributed by atoms with van der Waals surface area (Å²) in [5.41, 5.74) is 2.66. The van der Waals surface area contributed by atoms with Gasteiger partial charge in [0.2, 0.25) is 0 Å². The number of hydrogen-bond donors (Lipinski definition) is 0. The van der Waals surface area contributed by atoms with Gasteiger partial charge in [-0.25, -0.2) is 5.01 Å². The molecule has 0 N–H and O–H groups in total. The van der Waals surface area contributed by atoms with Gasteiger partial charge in [0.05, 0.1) is 11.3 Å². The zero-order valence-corrected chi connectivity index (χ0v) is 12.7. The lowest BCUT2D eigenvalue weighted by Crippen LogP contribution is -2.41. The topological polar surface area (TPSA) is 32.7 Å². The van der Waals surface area contributed by atoms with Crippen molar-refractivity contribution in [1.82, 2.24) is 5.01 Å². The predicted octanol–water partition coefficient (Wildman–Crippen LogP) is 3.10. The molecule has 96 valence electrons. The van der Waals surface area contributed by atoms with E-state index in [1.54, 1.807) is 5.01 Å². The maximum absolute atomic E-state index is 12.2. The van der Waals surface area contributed by atoms with E-state index in [1.165, 1.54) is 0 Å². The molecule has 1 amide bonds. The Morgan fingerprint density at radius 1 is 1.28 bits per heavy atom. The molecule has 1 aromatic carbocycles. The van der Waals surface area contributed by atoms with Crippen molar-refractivity contribution in [2.75, 3.05) is 0 Å². The summed E-state index contributed by atoms with van der Waals surface area (Å²) in [6.45, 7) is 7.97. The summed E-state index contributed by atoms with van der Waals surface area (Å²) >= 11 is 3.45. The number of carbonyl (C=O) groups is 1. The summed E-state index contributed by atoms with van der Waals surface area (Å²) in [5.74, 6) is 0.000697. The Morgan fingerprint density at radius 2 is 1.89 bits per heavy atom. The number of hydrazone groups is 1. The van der Waals surface area contributed by atoms with Crippen LogP contribution in [0.15, 0.2) is 29.4 Å². The average molecular weight is 309 g/mol. The minimum absolute atomic E-state index is 0.000697. The molecule has 1 atom stereocenters. The number of nitrogens with zero attached hydrogens (tertiary/aromatic N) is 2. The Kier molecular flexibility index (Phi) is 3.32. The first kappa shape index (κ1) is 13.3. The van der Waals surface area contributed by atoms with E-state index in [1.807, 2.05) is 52.0 Å². The van der Waals surface area contributed by atoms with Gasteiger partial charge in [-0.15, -0.1) is 0 Å². The average Bonchev–Trinajstić information content (AvgIpc) is 2.57. The van der Waals surface area contributed by atoms with Crippen LogP contribution in [0.4, 0.5) is 0 Å². The molecule has 18 heavy (non-hydrogen) atoms. The first-order valence-corrected chi connectivity index (χ1v) is 6.86. The van der Waals surface area contributed by atoms with Crippen LogP contribution in [0.5, 0.6) is 0 Å². The number of amides is 1. The molecule has 0 aromatic heterocycles. The summed E-state index contributed by atoms with van der Waals surface area (Å²) in [6, 6.07) is 7.99. The van der Waals surface area contributed by atoms with Crippen LogP contribution in [0, 0.1) is 6.92 Å². The molecule has 1 unspecified atom stereocenters. The van der Waals surface area contributed by atoms with Gasteiger partial charge >= 0.3 is 0 Å². The fraction of sp³-hybridized carbons (Fsp3) is 0.429. The van der Waals surface area contributed by atoms with Gasteiger partial charge in [-0.05, 0) is 33.3 Å². The van der Waals surface area contributed by atoms with Gasteiger partial charge in [-0.3, -0.25) is 4.79 Å². The SMILES string of the molecule is Cc1ccccc1C1=NN(C(C)(C)C)C(=O)C1Br. The van der Waals surface area contributed by atoms with Gasteiger partial charge < -0.3 is 0 Å². The highest BCUT2D eigenvalue weighted by Gasteiger charge is 2.40. The molecule has 1 aliphatic rings. The van der Waals surface area contributed by atoms with E-state index in [4.69, 9.17) is 0 Å². The second kappa shape index (κ2) is 4.50. The highest BCUT2D eigenvalue weighted by Crippen LogP contribution is 2.28. The van der Waals surface area contributed by atoms with E-state index in [0.717, 1.165) is 16.8 Å². The van der Waals surface area contributed by atoms with Crippen LogP contribution in [0.1, 0.15) is 31.9 Å². The zero-order chi connectivity index (χ0) is 13.5. The van der Waals surface area contributed by atoms with Crippen LogP contribution in [0.2, 0.25) is 0 Å². The fourth-order valence-corrected chi connectivity index (χ4v) is 2.50. The molecule has 0 radical (unpaired) electrons. The van der Waals surface area contributed by atoms with Crippen molar-refractivity contribution in [3.8, 4) is 0 Å². The summed E-state index contributed by atoms with van der Waals surface area (Å²) in [4.78, 5) is 11.9. The molecule has 1 aromatic rings. The van der Waals surface area contributed by atoms with Gasteiger partial charge in [0.15, 0.2) is 0 Å². The lowest BCUT2D eigenvalue weighted by molar-refractivity contribution is -0.132.